The Labute approximate surface area is 118 Å². The predicted octanol–water partition coefficient (Wildman–Crippen LogP) is 4.52. The number of nitrogens with one attached hydrogen (secondary N) is 1. The summed E-state index contributed by atoms with van der Waals surface area (Å²) < 4.78 is 2.38. The van der Waals surface area contributed by atoms with Crippen LogP contribution in [0.3, 0.4) is 0 Å². The van der Waals surface area contributed by atoms with Crippen molar-refractivity contribution in [2.24, 2.45) is 5.92 Å². The standard InChI is InChI=1S/C17H30N2/c1-3-5-6-7-12-19-13-10-16(14-19)17(15-8-9-15)18-11-4-2/h10,13-15,17-18H,3-9,11-12H2,1-2H3. The van der Waals surface area contributed by atoms with Crippen molar-refractivity contribution in [1.82, 2.24) is 9.88 Å². The number of hydrogen-bond donors (Lipinski definition) is 1. The minimum atomic E-state index is 0.608. The molecule has 1 fully saturated rings. The SMILES string of the molecule is CCCCCCn1ccc(C(NCCC)C2CC2)c1. The summed E-state index contributed by atoms with van der Waals surface area (Å²) in [5.74, 6) is 0.891. The molecule has 108 valence electrons. The van der Waals surface area contributed by atoms with Crippen LogP contribution in [0.2, 0.25) is 0 Å². The minimum Gasteiger partial charge on any atom is -0.354 e. The Morgan fingerprint density at radius 2 is 2.05 bits per heavy atom. The lowest BCUT2D eigenvalue weighted by Crippen LogP contribution is -2.23. The molecule has 19 heavy (non-hydrogen) atoms. The van der Waals surface area contributed by atoms with Crippen LogP contribution in [0.25, 0.3) is 0 Å². The number of nitrogens with zero attached hydrogens (tertiary/aromatic N) is 1. The normalized spacial score (nSPS) is 16.7. The van der Waals surface area contributed by atoms with Gasteiger partial charge in [0, 0.05) is 25.0 Å². The summed E-state index contributed by atoms with van der Waals surface area (Å²) in [5.41, 5.74) is 1.51. The van der Waals surface area contributed by atoms with E-state index < -0.39 is 0 Å². The lowest BCUT2D eigenvalue weighted by atomic mass is 10.1. The van der Waals surface area contributed by atoms with E-state index in [2.05, 4.69) is 42.2 Å². The predicted molar refractivity (Wildman–Crippen MR) is 82.3 cm³/mol. The summed E-state index contributed by atoms with van der Waals surface area (Å²) in [6, 6.07) is 2.93. The molecule has 1 aliphatic rings. The van der Waals surface area contributed by atoms with Gasteiger partial charge < -0.3 is 9.88 Å². The summed E-state index contributed by atoms with van der Waals surface area (Å²) in [7, 11) is 0. The van der Waals surface area contributed by atoms with Crippen molar-refractivity contribution in [3.8, 4) is 0 Å². The maximum Gasteiger partial charge on any atom is 0.0363 e. The van der Waals surface area contributed by atoms with Crippen LogP contribution in [-0.2, 0) is 6.54 Å². The van der Waals surface area contributed by atoms with E-state index in [1.807, 2.05) is 0 Å². The molecule has 2 rings (SSSR count). The van der Waals surface area contributed by atoms with Gasteiger partial charge in [-0.25, -0.2) is 0 Å². The molecular formula is C17H30N2. The van der Waals surface area contributed by atoms with Gasteiger partial charge in [-0.2, -0.15) is 0 Å². The fourth-order valence-corrected chi connectivity index (χ4v) is 2.79. The van der Waals surface area contributed by atoms with Crippen LogP contribution in [0.5, 0.6) is 0 Å². The van der Waals surface area contributed by atoms with Crippen molar-refractivity contribution in [2.45, 2.75) is 71.4 Å². The van der Waals surface area contributed by atoms with Crippen LogP contribution < -0.4 is 5.32 Å². The lowest BCUT2D eigenvalue weighted by Gasteiger charge is -2.16. The van der Waals surface area contributed by atoms with E-state index in [0.717, 1.165) is 12.5 Å². The van der Waals surface area contributed by atoms with E-state index >= 15 is 0 Å². The fraction of sp³-hybridized carbons (Fsp3) is 0.765. The Balaban J connectivity index is 1.83. The van der Waals surface area contributed by atoms with Crippen LogP contribution in [0.4, 0.5) is 0 Å². The average molecular weight is 262 g/mol. The lowest BCUT2D eigenvalue weighted by molar-refractivity contribution is 0.479. The highest BCUT2D eigenvalue weighted by atomic mass is 15.0. The summed E-state index contributed by atoms with van der Waals surface area (Å²) in [6.07, 6.45) is 14.1. The molecule has 1 heterocycles. The third kappa shape index (κ3) is 4.68. The molecule has 1 unspecified atom stereocenters. The van der Waals surface area contributed by atoms with Crippen molar-refractivity contribution in [3.63, 3.8) is 0 Å². The number of hydrogen-bond acceptors (Lipinski definition) is 1. The molecule has 0 amide bonds. The summed E-state index contributed by atoms with van der Waals surface area (Å²) in [6.45, 7) is 6.84. The molecule has 1 N–H and O–H groups in total. The minimum absolute atomic E-state index is 0.608. The van der Waals surface area contributed by atoms with Gasteiger partial charge in [0.25, 0.3) is 0 Å². The van der Waals surface area contributed by atoms with E-state index in [4.69, 9.17) is 0 Å². The van der Waals surface area contributed by atoms with Crippen molar-refractivity contribution in [3.05, 3.63) is 24.0 Å². The van der Waals surface area contributed by atoms with Crippen LogP contribution in [-0.4, -0.2) is 11.1 Å². The first-order chi connectivity index (χ1) is 9.35. The topological polar surface area (TPSA) is 17.0 Å². The zero-order valence-corrected chi connectivity index (χ0v) is 12.7. The Hall–Kier alpha value is -0.760. The van der Waals surface area contributed by atoms with E-state index in [0.29, 0.717) is 6.04 Å². The van der Waals surface area contributed by atoms with Gasteiger partial charge in [-0.1, -0.05) is 33.1 Å². The van der Waals surface area contributed by atoms with Crippen molar-refractivity contribution in [2.75, 3.05) is 6.54 Å². The first-order valence-corrected chi connectivity index (χ1v) is 8.24. The third-order valence-corrected chi connectivity index (χ3v) is 4.11. The largest absolute Gasteiger partial charge is 0.354 e. The summed E-state index contributed by atoms with van der Waals surface area (Å²) in [4.78, 5) is 0. The molecule has 2 nitrogen and oxygen atoms in total. The van der Waals surface area contributed by atoms with E-state index in [-0.39, 0.29) is 0 Å². The molecule has 0 aliphatic heterocycles. The first kappa shape index (κ1) is 14.6. The zero-order chi connectivity index (χ0) is 13.5. The van der Waals surface area contributed by atoms with Gasteiger partial charge in [-0.15, -0.1) is 0 Å². The Bertz CT molecular complexity index is 352. The molecule has 0 aromatic carbocycles. The molecule has 1 aliphatic carbocycles. The second kappa shape index (κ2) is 7.74. The maximum absolute atomic E-state index is 3.72. The van der Waals surface area contributed by atoms with Crippen molar-refractivity contribution < 1.29 is 0 Å². The second-order valence-corrected chi connectivity index (χ2v) is 6.01. The monoisotopic (exact) mass is 262 g/mol. The molecule has 2 heteroatoms. The van der Waals surface area contributed by atoms with Gasteiger partial charge >= 0.3 is 0 Å². The van der Waals surface area contributed by atoms with E-state index in [1.165, 1.54) is 57.1 Å². The number of aromatic nitrogens is 1. The van der Waals surface area contributed by atoms with Gasteiger partial charge in [0.2, 0.25) is 0 Å². The number of unbranched alkanes of at least 4 members (excludes halogenated alkanes) is 3. The second-order valence-electron chi connectivity index (χ2n) is 6.01. The molecule has 1 saturated carbocycles. The average Bonchev–Trinajstić information content (AvgIpc) is 3.15. The van der Waals surface area contributed by atoms with Crippen LogP contribution in [0.1, 0.15) is 70.4 Å². The smallest absolute Gasteiger partial charge is 0.0363 e. The molecule has 0 radical (unpaired) electrons. The highest BCUT2D eigenvalue weighted by Crippen LogP contribution is 2.41. The maximum atomic E-state index is 3.72. The Kier molecular flexibility index (Phi) is 5.96. The highest BCUT2D eigenvalue weighted by Gasteiger charge is 2.32. The molecule has 0 saturated heterocycles. The molecule has 1 aromatic rings. The van der Waals surface area contributed by atoms with Gasteiger partial charge in [-0.05, 0) is 49.8 Å². The number of rotatable bonds is 10. The summed E-state index contributed by atoms with van der Waals surface area (Å²) >= 11 is 0. The van der Waals surface area contributed by atoms with Gasteiger partial charge in [-0.3, -0.25) is 0 Å². The van der Waals surface area contributed by atoms with Gasteiger partial charge in [0.05, 0.1) is 0 Å². The Morgan fingerprint density at radius 1 is 1.21 bits per heavy atom. The van der Waals surface area contributed by atoms with Gasteiger partial charge in [0.15, 0.2) is 0 Å². The quantitative estimate of drug-likeness (QED) is 0.613. The molecule has 0 spiro atoms. The van der Waals surface area contributed by atoms with Gasteiger partial charge in [0.1, 0.15) is 0 Å². The zero-order valence-electron chi connectivity index (χ0n) is 12.7. The molecular weight excluding hydrogens is 232 g/mol. The molecule has 0 bridgehead atoms. The van der Waals surface area contributed by atoms with E-state index in [1.54, 1.807) is 0 Å². The highest BCUT2D eigenvalue weighted by molar-refractivity contribution is 5.18. The number of aryl methyl sites for hydroxylation is 1. The summed E-state index contributed by atoms with van der Waals surface area (Å²) in [5, 5.41) is 3.72. The molecule has 1 aromatic heterocycles. The Morgan fingerprint density at radius 3 is 2.74 bits per heavy atom. The van der Waals surface area contributed by atoms with E-state index in [9.17, 15) is 0 Å². The fourth-order valence-electron chi connectivity index (χ4n) is 2.79. The van der Waals surface area contributed by atoms with Crippen molar-refractivity contribution >= 4 is 0 Å². The third-order valence-electron chi connectivity index (χ3n) is 4.11. The van der Waals surface area contributed by atoms with Crippen LogP contribution in [0, 0.1) is 5.92 Å². The molecule has 1 atom stereocenters. The van der Waals surface area contributed by atoms with Crippen LogP contribution in [0.15, 0.2) is 18.5 Å². The van der Waals surface area contributed by atoms with Crippen molar-refractivity contribution in [1.29, 1.82) is 0 Å². The first-order valence-electron chi connectivity index (χ1n) is 8.24. The van der Waals surface area contributed by atoms with Crippen LogP contribution >= 0.6 is 0 Å².